The van der Waals surface area contributed by atoms with Crippen LogP contribution >= 0.6 is 11.3 Å². The number of para-hydroxylation sites is 1. The second-order valence-electron chi connectivity index (χ2n) is 11.0. The van der Waals surface area contributed by atoms with Gasteiger partial charge in [0, 0.05) is 29.2 Å². The molecular weight excluding hydrogens is 541 g/mol. The van der Waals surface area contributed by atoms with Crippen LogP contribution in [0.5, 0.6) is 11.5 Å². The summed E-state index contributed by atoms with van der Waals surface area (Å²) in [5, 5.41) is 3.80. The SMILES string of the molecule is Cc1cc(Oc2ccccc2F)ccc1C1(N)C(=O)C(N)c2c(C(=O)NC3CCCN(C)C3)sc3c(N)ccc1c23. The number of benzene rings is 3. The Labute approximate surface area is 241 Å². The van der Waals surface area contributed by atoms with Crippen molar-refractivity contribution >= 4 is 38.8 Å². The highest BCUT2D eigenvalue weighted by molar-refractivity contribution is 7.21. The zero-order valence-corrected chi connectivity index (χ0v) is 23.7. The van der Waals surface area contributed by atoms with E-state index in [1.165, 1.54) is 23.5 Å². The molecule has 4 aromatic rings. The van der Waals surface area contributed by atoms with Crippen molar-refractivity contribution in [2.75, 3.05) is 25.9 Å². The number of ether oxygens (including phenoxy) is 1. The van der Waals surface area contributed by atoms with Gasteiger partial charge in [-0.05, 0) is 80.4 Å². The molecule has 10 heteroatoms. The van der Waals surface area contributed by atoms with Crippen LogP contribution in [0.3, 0.4) is 0 Å². The second-order valence-corrected chi connectivity index (χ2v) is 12.0. The lowest BCUT2D eigenvalue weighted by molar-refractivity contribution is -0.124. The van der Waals surface area contributed by atoms with Crippen LogP contribution < -0.4 is 27.3 Å². The number of carbonyl (C=O) groups excluding carboxylic acids is 2. The van der Waals surface area contributed by atoms with Gasteiger partial charge in [0.2, 0.25) is 0 Å². The molecule has 41 heavy (non-hydrogen) atoms. The molecule has 212 valence electrons. The van der Waals surface area contributed by atoms with Crippen molar-refractivity contribution in [2.45, 2.75) is 37.4 Å². The van der Waals surface area contributed by atoms with Gasteiger partial charge in [-0.2, -0.15) is 0 Å². The van der Waals surface area contributed by atoms with Gasteiger partial charge in [0.05, 0.1) is 15.6 Å². The van der Waals surface area contributed by atoms with E-state index in [-0.39, 0.29) is 17.7 Å². The van der Waals surface area contributed by atoms with Crippen molar-refractivity contribution in [1.82, 2.24) is 10.2 Å². The van der Waals surface area contributed by atoms with Crippen molar-refractivity contribution in [3.8, 4) is 11.5 Å². The molecule has 1 aliphatic heterocycles. The summed E-state index contributed by atoms with van der Waals surface area (Å²) >= 11 is 1.24. The summed E-state index contributed by atoms with van der Waals surface area (Å²) in [6.45, 7) is 3.56. The highest BCUT2D eigenvalue weighted by Crippen LogP contribution is 2.50. The van der Waals surface area contributed by atoms with Crippen LogP contribution in [0, 0.1) is 12.7 Å². The Morgan fingerprint density at radius 3 is 2.66 bits per heavy atom. The minimum Gasteiger partial charge on any atom is -0.454 e. The fourth-order valence-electron chi connectivity index (χ4n) is 6.16. The Kier molecular flexibility index (Phi) is 6.82. The number of Topliss-reactive ketones (excluding diaryl/α,β-unsaturated/α-hetero) is 1. The Hall–Kier alpha value is -3.83. The van der Waals surface area contributed by atoms with Crippen molar-refractivity contribution in [1.29, 1.82) is 0 Å². The molecule has 3 aromatic carbocycles. The van der Waals surface area contributed by atoms with Crippen LogP contribution in [0.1, 0.15) is 50.8 Å². The maximum absolute atomic E-state index is 14.2. The number of rotatable bonds is 5. The third kappa shape index (κ3) is 4.47. The summed E-state index contributed by atoms with van der Waals surface area (Å²) in [7, 11) is 2.03. The number of aryl methyl sites for hydroxylation is 1. The molecule has 1 aliphatic carbocycles. The zero-order valence-electron chi connectivity index (χ0n) is 22.9. The number of hydrogen-bond donors (Lipinski definition) is 4. The molecule has 2 heterocycles. The first-order chi connectivity index (χ1) is 19.6. The maximum atomic E-state index is 14.2. The number of thiophene rings is 1. The number of likely N-dealkylation sites (tertiary alicyclic amines) is 1. The third-order valence-corrected chi connectivity index (χ3v) is 9.42. The smallest absolute Gasteiger partial charge is 0.262 e. The lowest BCUT2D eigenvalue weighted by atomic mass is 9.69. The fourth-order valence-corrected chi connectivity index (χ4v) is 7.36. The van der Waals surface area contributed by atoms with Gasteiger partial charge in [0.15, 0.2) is 17.3 Å². The molecule has 1 aromatic heterocycles. The molecule has 1 fully saturated rings. The van der Waals surface area contributed by atoms with Gasteiger partial charge >= 0.3 is 0 Å². The number of nitrogens with two attached hydrogens (primary N) is 3. The minimum absolute atomic E-state index is 0.00680. The van der Waals surface area contributed by atoms with Crippen molar-refractivity contribution in [3.63, 3.8) is 0 Å². The molecule has 0 bridgehead atoms. The van der Waals surface area contributed by atoms with Gasteiger partial charge in [-0.15, -0.1) is 11.3 Å². The van der Waals surface area contributed by atoms with E-state index in [0.717, 1.165) is 25.9 Å². The standard InChI is InChI=1S/C31H32FN5O3S/c1-16-14-18(40-23-8-4-3-7-21(23)32)9-10-19(16)31(35)20-11-12-22(33)27-24(20)25(26(34)29(31)38)28(41-27)30(39)36-17-6-5-13-37(2)15-17/h3-4,7-12,14,17,26H,5-6,13,15,33-35H2,1-2H3,(H,36,39). The summed E-state index contributed by atoms with van der Waals surface area (Å²) < 4.78 is 20.6. The molecule has 1 saturated heterocycles. The van der Waals surface area contributed by atoms with E-state index >= 15 is 0 Å². The Bertz CT molecular complexity index is 1700. The predicted molar refractivity (Wildman–Crippen MR) is 159 cm³/mol. The molecule has 0 saturated carbocycles. The average Bonchev–Trinajstić information content (AvgIpc) is 3.35. The van der Waals surface area contributed by atoms with E-state index in [1.54, 1.807) is 42.5 Å². The highest BCUT2D eigenvalue weighted by atomic mass is 32.1. The monoisotopic (exact) mass is 573 g/mol. The first-order valence-electron chi connectivity index (χ1n) is 13.6. The molecule has 6 rings (SSSR count). The third-order valence-electron chi connectivity index (χ3n) is 8.17. The van der Waals surface area contributed by atoms with Crippen LogP contribution in [-0.2, 0) is 10.3 Å². The molecule has 0 radical (unpaired) electrons. The topological polar surface area (TPSA) is 137 Å². The zero-order chi connectivity index (χ0) is 29.1. The van der Waals surface area contributed by atoms with E-state index in [4.69, 9.17) is 21.9 Å². The Balaban J connectivity index is 1.43. The lowest BCUT2D eigenvalue weighted by Gasteiger charge is -2.37. The summed E-state index contributed by atoms with van der Waals surface area (Å²) in [6, 6.07) is 13.5. The molecule has 0 spiro atoms. The number of amides is 1. The minimum atomic E-state index is -1.60. The Morgan fingerprint density at radius 1 is 1.17 bits per heavy atom. The van der Waals surface area contributed by atoms with Crippen LogP contribution in [0.25, 0.3) is 10.1 Å². The summed E-state index contributed by atoms with van der Waals surface area (Å²) in [6.07, 6.45) is 1.88. The molecule has 8 nitrogen and oxygen atoms in total. The molecule has 3 atom stereocenters. The van der Waals surface area contributed by atoms with Gasteiger partial charge in [-0.25, -0.2) is 4.39 Å². The fraction of sp³-hybridized carbons (Fsp3) is 0.290. The number of nitrogens with zero attached hydrogens (tertiary/aromatic N) is 1. The van der Waals surface area contributed by atoms with E-state index in [0.29, 0.717) is 48.7 Å². The number of halogens is 1. The van der Waals surface area contributed by atoms with E-state index < -0.39 is 23.2 Å². The first-order valence-corrected chi connectivity index (χ1v) is 14.4. The number of anilines is 1. The number of nitrogens with one attached hydrogen (secondary N) is 1. The normalized spacial score (nSPS) is 22.6. The highest BCUT2D eigenvalue weighted by Gasteiger charge is 2.49. The maximum Gasteiger partial charge on any atom is 0.262 e. The number of piperidine rings is 1. The van der Waals surface area contributed by atoms with Crippen molar-refractivity contribution < 1.29 is 18.7 Å². The molecule has 7 N–H and O–H groups in total. The largest absolute Gasteiger partial charge is 0.454 e. The predicted octanol–water partition coefficient (Wildman–Crippen LogP) is 4.33. The van der Waals surface area contributed by atoms with Gasteiger partial charge in [0.1, 0.15) is 11.3 Å². The Morgan fingerprint density at radius 2 is 1.93 bits per heavy atom. The molecule has 1 amide bonds. The van der Waals surface area contributed by atoms with Crippen LogP contribution in [-0.4, -0.2) is 42.8 Å². The number of hydrogen-bond acceptors (Lipinski definition) is 8. The van der Waals surface area contributed by atoms with Crippen LogP contribution in [0.15, 0.2) is 54.6 Å². The number of likely N-dealkylation sites (N-methyl/N-ethyl adjacent to an activating group) is 1. The lowest BCUT2D eigenvalue weighted by Crippen LogP contribution is -2.53. The van der Waals surface area contributed by atoms with Crippen LogP contribution in [0.4, 0.5) is 10.1 Å². The number of ketones is 1. The van der Waals surface area contributed by atoms with Gasteiger partial charge in [0.25, 0.3) is 5.91 Å². The molecule has 3 unspecified atom stereocenters. The van der Waals surface area contributed by atoms with E-state index in [9.17, 15) is 14.0 Å². The van der Waals surface area contributed by atoms with Gasteiger partial charge in [-0.3, -0.25) is 9.59 Å². The summed E-state index contributed by atoms with van der Waals surface area (Å²) in [5.41, 5.74) is 21.2. The number of nitrogen functional groups attached to an aromatic ring is 1. The molecule has 2 aliphatic rings. The summed E-state index contributed by atoms with van der Waals surface area (Å²) in [5.74, 6) is -0.676. The first kappa shape index (κ1) is 27.3. The van der Waals surface area contributed by atoms with E-state index in [2.05, 4.69) is 10.2 Å². The van der Waals surface area contributed by atoms with Gasteiger partial charge < -0.3 is 32.2 Å². The van der Waals surface area contributed by atoms with E-state index in [1.807, 2.05) is 14.0 Å². The van der Waals surface area contributed by atoms with Gasteiger partial charge in [-0.1, -0.05) is 24.3 Å². The van der Waals surface area contributed by atoms with Crippen molar-refractivity contribution in [3.05, 3.63) is 87.5 Å². The van der Waals surface area contributed by atoms with Crippen molar-refractivity contribution in [2.24, 2.45) is 11.5 Å². The van der Waals surface area contributed by atoms with Crippen LogP contribution in [0.2, 0.25) is 0 Å². The summed E-state index contributed by atoms with van der Waals surface area (Å²) in [4.78, 5) is 30.3. The average molecular weight is 574 g/mol. The quantitative estimate of drug-likeness (QED) is 0.261. The molecular formula is C31H32FN5O3S. The second kappa shape index (κ2) is 10.2. The number of carbonyl (C=O) groups is 2.